The second kappa shape index (κ2) is 14.0. The van der Waals surface area contributed by atoms with Crippen molar-refractivity contribution >= 4 is 5.96 Å². The van der Waals surface area contributed by atoms with Crippen molar-refractivity contribution in [1.82, 2.24) is 15.5 Å². The van der Waals surface area contributed by atoms with Gasteiger partial charge in [0.2, 0.25) is 0 Å². The smallest absolute Gasteiger partial charge is 0.387 e. The van der Waals surface area contributed by atoms with Gasteiger partial charge in [-0.1, -0.05) is 19.9 Å². The molecule has 0 fully saturated rings. The topological polar surface area (TPSA) is 58.1 Å². The van der Waals surface area contributed by atoms with E-state index in [1.165, 1.54) is 6.07 Å². The summed E-state index contributed by atoms with van der Waals surface area (Å²) < 4.78 is 35.0. The molecule has 0 saturated carbocycles. The monoisotopic (exact) mass is 414 g/mol. The molecule has 166 valence electrons. The van der Waals surface area contributed by atoms with E-state index in [2.05, 4.69) is 46.0 Å². The van der Waals surface area contributed by atoms with Crippen molar-refractivity contribution in [3.63, 3.8) is 0 Å². The van der Waals surface area contributed by atoms with Crippen LogP contribution in [0.2, 0.25) is 0 Å². The Bertz CT molecular complexity index is 610. The first-order valence-corrected chi connectivity index (χ1v) is 10.3. The van der Waals surface area contributed by atoms with Gasteiger partial charge in [-0.15, -0.1) is 0 Å². The summed E-state index contributed by atoms with van der Waals surface area (Å²) in [6.07, 6.45) is 2.17. The zero-order valence-corrected chi connectivity index (χ0v) is 18.3. The van der Waals surface area contributed by atoms with E-state index in [-0.39, 0.29) is 11.8 Å². The molecule has 0 aliphatic heterocycles. The van der Waals surface area contributed by atoms with E-state index < -0.39 is 6.61 Å². The Labute approximate surface area is 173 Å². The molecule has 1 aromatic rings. The number of aliphatic imine (C=N–C) groups is 1. The third-order valence-electron chi connectivity index (χ3n) is 4.60. The van der Waals surface area contributed by atoms with Crippen molar-refractivity contribution in [2.75, 3.05) is 33.3 Å². The van der Waals surface area contributed by atoms with E-state index in [9.17, 15) is 8.78 Å². The molecule has 0 saturated heterocycles. The zero-order chi connectivity index (χ0) is 21.6. The molecule has 29 heavy (non-hydrogen) atoms. The van der Waals surface area contributed by atoms with Crippen LogP contribution in [-0.2, 0) is 6.54 Å². The van der Waals surface area contributed by atoms with Crippen LogP contribution in [0.3, 0.4) is 0 Å². The predicted molar refractivity (Wildman–Crippen MR) is 114 cm³/mol. The molecule has 1 aromatic carbocycles. The number of halogens is 2. The van der Waals surface area contributed by atoms with Crippen LogP contribution in [0.4, 0.5) is 8.78 Å². The molecule has 0 heterocycles. The highest BCUT2D eigenvalue weighted by Crippen LogP contribution is 2.29. The van der Waals surface area contributed by atoms with E-state index >= 15 is 0 Å². The van der Waals surface area contributed by atoms with Crippen molar-refractivity contribution in [3.05, 3.63) is 23.8 Å². The fraction of sp³-hybridized carbons (Fsp3) is 0.667. The van der Waals surface area contributed by atoms with Gasteiger partial charge < -0.3 is 25.0 Å². The van der Waals surface area contributed by atoms with Gasteiger partial charge in [0.15, 0.2) is 17.5 Å². The van der Waals surface area contributed by atoms with Gasteiger partial charge >= 0.3 is 6.61 Å². The average Bonchev–Trinajstić information content (AvgIpc) is 2.70. The van der Waals surface area contributed by atoms with Crippen LogP contribution in [-0.4, -0.2) is 56.8 Å². The maximum absolute atomic E-state index is 12.5. The molecule has 1 unspecified atom stereocenters. The molecule has 0 aromatic heterocycles. The van der Waals surface area contributed by atoms with E-state index in [4.69, 9.17) is 4.74 Å². The highest BCUT2D eigenvalue weighted by atomic mass is 19.3. The molecule has 0 amide bonds. The Kier molecular flexibility index (Phi) is 12.0. The molecule has 6 nitrogen and oxygen atoms in total. The summed E-state index contributed by atoms with van der Waals surface area (Å²) >= 11 is 0. The number of nitrogens with one attached hydrogen (secondary N) is 2. The quantitative estimate of drug-likeness (QED) is 0.379. The third-order valence-corrected chi connectivity index (χ3v) is 4.60. The van der Waals surface area contributed by atoms with Gasteiger partial charge in [-0.05, 0) is 64.0 Å². The van der Waals surface area contributed by atoms with Gasteiger partial charge in [-0.3, -0.25) is 4.99 Å². The summed E-state index contributed by atoms with van der Waals surface area (Å²) in [5.41, 5.74) is 0.882. The molecular formula is C21H36F2N4O2. The summed E-state index contributed by atoms with van der Waals surface area (Å²) in [6, 6.07) is 5.22. The summed E-state index contributed by atoms with van der Waals surface area (Å²) in [5.74, 6) is 1.04. The van der Waals surface area contributed by atoms with Crippen molar-refractivity contribution in [3.8, 4) is 11.5 Å². The fourth-order valence-corrected chi connectivity index (χ4v) is 2.97. The van der Waals surface area contributed by atoms with E-state index in [1.807, 2.05) is 0 Å². The number of nitrogens with zero attached hydrogens (tertiary/aromatic N) is 2. The SMILES string of the molecule is CCOc1cc(CNC(=NC)NC(C)CCCN(CC)CC)ccc1OC(F)F. The molecule has 1 atom stereocenters. The summed E-state index contributed by atoms with van der Waals surface area (Å²) in [6.45, 7) is 9.51. The van der Waals surface area contributed by atoms with Crippen LogP contribution >= 0.6 is 0 Å². The lowest BCUT2D eigenvalue weighted by Gasteiger charge is -2.21. The van der Waals surface area contributed by atoms with Crippen LogP contribution in [0.15, 0.2) is 23.2 Å². The van der Waals surface area contributed by atoms with E-state index in [1.54, 1.807) is 26.1 Å². The lowest BCUT2D eigenvalue weighted by atomic mass is 10.1. The summed E-state index contributed by atoms with van der Waals surface area (Å²) in [7, 11) is 1.73. The molecule has 8 heteroatoms. The molecule has 1 rings (SSSR count). The molecular weight excluding hydrogens is 378 g/mol. The summed E-state index contributed by atoms with van der Waals surface area (Å²) in [4.78, 5) is 6.68. The normalized spacial score (nSPS) is 12.9. The standard InChI is InChI=1S/C21H36F2N4O2/c1-6-27(7-2)13-9-10-16(4)26-21(24-5)25-15-17-11-12-18(29-20(22)23)19(14-17)28-8-3/h11-12,14,16,20H,6-10,13,15H2,1-5H3,(H2,24,25,26). The maximum atomic E-state index is 12.5. The van der Waals surface area contributed by atoms with Crippen molar-refractivity contribution in [1.29, 1.82) is 0 Å². The van der Waals surface area contributed by atoms with Crippen molar-refractivity contribution < 1.29 is 18.3 Å². The largest absolute Gasteiger partial charge is 0.490 e. The molecule has 0 aliphatic carbocycles. The summed E-state index contributed by atoms with van der Waals surface area (Å²) in [5, 5.41) is 6.64. The van der Waals surface area contributed by atoms with E-state index in [0.29, 0.717) is 24.9 Å². The van der Waals surface area contributed by atoms with Gasteiger partial charge in [0.1, 0.15) is 0 Å². The first-order valence-electron chi connectivity index (χ1n) is 10.3. The number of alkyl halides is 2. The van der Waals surface area contributed by atoms with E-state index in [0.717, 1.165) is 38.0 Å². The third kappa shape index (κ3) is 9.78. The minimum atomic E-state index is -2.88. The molecule has 0 bridgehead atoms. The second-order valence-corrected chi connectivity index (χ2v) is 6.73. The predicted octanol–water partition coefficient (Wildman–Crippen LogP) is 3.86. The average molecular weight is 415 g/mol. The van der Waals surface area contributed by atoms with Gasteiger partial charge in [0.25, 0.3) is 0 Å². The van der Waals surface area contributed by atoms with Crippen molar-refractivity contribution in [2.45, 2.75) is 59.7 Å². The Morgan fingerprint density at radius 1 is 1.17 bits per heavy atom. The molecule has 0 aliphatic rings. The zero-order valence-electron chi connectivity index (χ0n) is 18.3. The van der Waals surface area contributed by atoms with Crippen LogP contribution in [0.5, 0.6) is 11.5 Å². The van der Waals surface area contributed by atoms with Gasteiger partial charge in [-0.25, -0.2) is 0 Å². The lowest BCUT2D eigenvalue weighted by molar-refractivity contribution is -0.0514. The Morgan fingerprint density at radius 2 is 1.90 bits per heavy atom. The fourth-order valence-electron chi connectivity index (χ4n) is 2.97. The molecule has 0 radical (unpaired) electrons. The minimum Gasteiger partial charge on any atom is -0.490 e. The van der Waals surface area contributed by atoms with Crippen molar-refractivity contribution in [2.24, 2.45) is 4.99 Å². The van der Waals surface area contributed by atoms with Crippen LogP contribution in [0.1, 0.15) is 46.1 Å². The first kappa shape index (κ1) is 24.9. The second-order valence-electron chi connectivity index (χ2n) is 6.73. The lowest BCUT2D eigenvalue weighted by Crippen LogP contribution is -2.42. The van der Waals surface area contributed by atoms with Crippen LogP contribution < -0.4 is 20.1 Å². The number of hydrogen-bond acceptors (Lipinski definition) is 4. The molecule has 2 N–H and O–H groups in total. The first-order chi connectivity index (χ1) is 13.9. The van der Waals surface area contributed by atoms with Gasteiger partial charge in [0.05, 0.1) is 6.61 Å². The Hall–Kier alpha value is -2.09. The van der Waals surface area contributed by atoms with Gasteiger partial charge in [0, 0.05) is 19.6 Å². The van der Waals surface area contributed by atoms with Crippen LogP contribution in [0, 0.1) is 0 Å². The van der Waals surface area contributed by atoms with Gasteiger partial charge in [-0.2, -0.15) is 8.78 Å². The highest BCUT2D eigenvalue weighted by molar-refractivity contribution is 5.79. The Morgan fingerprint density at radius 3 is 2.48 bits per heavy atom. The maximum Gasteiger partial charge on any atom is 0.387 e. The molecule has 0 spiro atoms. The number of hydrogen-bond donors (Lipinski definition) is 2. The highest BCUT2D eigenvalue weighted by Gasteiger charge is 2.12. The number of ether oxygens (including phenoxy) is 2. The Balaban J connectivity index is 2.55. The number of rotatable bonds is 13. The van der Waals surface area contributed by atoms with Crippen LogP contribution in [0.25, 0.3) is 0 Å². The number of guanidine groups is 1. The minimum absolute atomic E-state index is 0.0370. The number of benzene rings is 1.